The number of amides is 1. The highest BCUT2D eigenvalue weighted by molar-refractivity contribution is 6.08. The van der Waals surface area contributed by atoms with Crippen LogP contribution < -0.4 is 19.7 Å². The fourth-order valence-electron chi connectivity index (χ4n) is 5.05. The first-order valence-electron chi connectivity index (χ1n) is 13.3. The molecule has 5 rings (SSSR count). The molecular weight excluding hydrogens is 500 g/mol. The van der Waals surface area contributed by atoms with Crippen LogP contribution in [0.2, 0.25) is 0 Å². The third-order valence-electron chi connectivity index (χ3n) is 7.19. The van der Waals surface area contributed by atoms with Crippen molar-refractivity contribution in [1.82, 2.24) is 4.90 Å². The largest absolute Gasteiger partial charge is 0.493 e. The summed E-state index contributed by atoms with van der Waals surface area (Å²) in [7, 11) is 3.20. The summed E-state index contributed by atoms with van der Waals surface area (Å²) in [4.78, 5) is 18.1. The Morgan fingerprint density at radius 1 is 0.850 bits per heavy atom. The predicted octanol–water partition coefficient (Wildman–Crippen LogP) is 5.82. The van der Waals surface area contributed by atoms with Crippen LogP contribution in [-0.2, 0) is 6.54 Å². The number of carbonyl (C=O) groups is 1. The van der Waals surface area contributed by atoms with Crippen LogP contribution in [0.25, 0.3) is 11.1 Å². The van der Waals surface area contributed by atoms with E-state index in [0.29, 0.717) is 22.6 Å². The van der Waals surface area contributed by atoms with E-state index in [0.717, 1.165) is 55.2 Å². The summed E-state index contributed by atoms with van der Waals surface area (Å²) in [5.74, 6) is 1.08. The molecule has 202 valence electrons. The molecule has 1 amide bonds. The zero-order chi connectivity index (χ0) is 27.9. The number of nitrogens with one attached hydrogen (secondary N) is 1. The Labute approximate surface area is 235 Å². The van der Waals surface area contributed by atoms with E-state index in [4.69, 9.17) is 14.7 Å². The maximum Gasteiger partial charge on any atom is 0.256 e. The SMILES string of the molecule is COc1ccc(-c2ccccc2C(=O)Nc2ccc(N3CCN(Cc4cccc(C#N)c4)CC3)cc2)cc1OC. The van der Waals surface area contributed by atoms with E-state index in [9.17, 15) is 4.79 Å². The summed E-state index contributed by atoms with van der Waals surface area (Å²) in [6.45, 7) is 4.58. The highest BCUT2D eigenvalue weighted by Crippen LogP contribution is 2.34. The first-order chi connectivity index (χ1) is 19.6. The standard InChI is InChI=1S/C33H32N4O3/c1-39-31-15-10-26(21-32(31)40-2)29-8-3-4-9-30(29)33(38)35-27-11-13-28(14-12-27)37-18-16-36(17-19-37)23-25-7-5-6-24(20-25)22-34/h3-15,20-21H,16-19,23H2,1-2H3,(H,35,38). The summed E-state index contributed by atoms with van der Waals surface area (Å²) >= 11 is 0. The van der Waals surface area contributed by atoms with Crippen LogP contribution >= 0.6 is 0 Å². The average Bonchev–Trinajstić information content (AvgIpc) is 3.01. The van der Waals surface area contributed by atoms with Crippen LogP contribution in [0.15, 0.2) is 91.0 Å². The molecule has 40 heavy (non-hydrogen) atoms. The molecule has 0 aliphatic carbocycles. The monoisotopic (exact) mass is 532 g/mol. The number of carbonyl (C=O) groups excluding carboxylic acids is 1. The summed E-state index contributed by atoms with van der Waals surface area (Å²) in [5, 5.41) is 12.2. The van der Waals surface area contributed by atoms with Crippen molar-refractivity contribution in [1.29, 1.82) is 5.26 Å². The molecule has 7 heteroatoms. The van der Waals surface area contributed by atoms with Gasteiger partial charge in [0.1, 0.15) is 0 Å². The van der Waals surface area contributed by atoms with Gasteiger partial charge < -0.3 is 19.7 Å². The Kier molecular flexibility index (Phi) is 8.29. The summed E-state index contributed by atoms with van der Waals surface area (Å²) < 4.78 is 10.8. The maximum absolute atomic E-state index is 13.3. The van der Waals surface area contributed by atoms with Gasteiger partial charge in [0.2, 0.25) is 0 Å². The first kappa shape index (κ1) is 26.8. The number of nitrogens with zero attached hydrogens (tertiary/aromatic N) is 3. The van der Waals surface area contributed by atoms with Crippen molar-refractivity contribution in [3.8, 4) is 28.7 Å². The summed E-state index contributed by atoms with van der Waals surface area (Å²) in [6, 6.07) is 31.2. The quantitative estimate of drug-likeness (QED) is 0.308. The molecule has 1 fully saturated rings. The Hall–Kier alpha value is -4.80. The molecule has 0 spiro atoms. The Balaban J connectivity index is 1.21. The first-order valence-corrected chi connectivity index (χ1v) is 13.3. The van der Waals surface area contributed by atoms with Crippen molar-refractivity contribution in [3.05, 3.63) is 108 Å². The lowest BCUT2D eigenvalue weighted by molar-refractivity contribution is 0.102. The number of piperazine rings is 1. The van der Waals surface area contributed by atoms with Crippen molar-refractivity contribution in [2.45, 2.75) is 6.54 Å². The minimum Gasteiger partial charge on any atom is -0.493 e. The Morgan fingerprint density at radius 3 is 2.33 bits per heavy atom. The number of anilines is 2. The van der Waals surface area contributed by atoms with Crippen LogP contribution in [0, 0.1) is 11.3 Å². The smallest absolute Gasteiger partial charge is 0.256 e. The van der Waals surface area contributed by atoms with Gasteiger partial charge >= 0.3 is 0 Å². The van der Waals surface area contributed by atoms with Gasteiger partial charge in [-0.2, -0.15) is 5.26 Å². The van der Waals surface area contributed by atoms with E-state index in [2.05, 4.69) is 39.4 Å². The van der Waals surface area contributed by atoms with Gasteiger partial charge in [-0.05, 0) is 71.3 Å². The van der Waals surface area contributed by atoms with E-state index in [1.165, 1.54) is 5.56 Å². The number of rotatable bonds is 8. The van der Waals surface area contributed by atoms with E-state index < -0.39 is 0 Å². The van der Waals surface area contributed by atoms with E-state index in [1.807, 2.05) is 72.8 Å². The molecule has 1 aliphatic rings. The van der Waals surface area contributed by atoms with Crippen LogP contribution in [0.1, 0.15) is 21.5 Å². The fourth-order valence-corrected chi connectivity index (χ4v) is 5.05. The third kappa shape index (κ3) is 6.09. The molecule has 4 aromatic rings. The van der Waals surface area contributed by atoms with Crippen LogP contribution in [0.5, 0.6) is 11.5 Å². The van der Waals surface area contributed by atoms with Crippen LogP contribution in [0.3, 0.4) is 0 Å². The van der Waals surface area contributed by atoms with Crippen LogP contribution in [-0.4, -0.2) is 51.2 Å². The van der Waals surface area contributed by atoms with E-state index in [-0.39, 0.29) is 5.91 Å². The number of hydrogen-bond acceptors (Lipinski definition) is 6. The molecule has 1 N–H and O–H groups in total. The Morgan fingerprint density at radius 2 is 1.60 bits per heavy atom. The highest BCUT2D eigenvalue weighted by Gasteiger charge is 2.18. The molecule has 1 saturated heterocycles. The average molecular weight is 533 g/mol. The van der Waals surface area contributed by atoms with Gasteiger partial charge in [0, 0.05) is 49.7 Å². The number of hydrogen-bond donors (Lipinski definition) is 1. The minimum absolute atomic E-state index is 0.174. The van der Waals surface area contributed by atoms with Gasteiger partial charge in [0.25, 0.3) is 5.91 Å². The van der Waals surface area contributed by atoms with Gasteiger partial charge in [0.15, 0.2) is 11.5 Å². The number of nitriles is 1. The molecule has 0 atom stereocenters. The zero-order valence-electron chi connectivity index (χ0n) is 22.8. The minimum atomic E-state index is -0.174. The molecular formula is C33H32N4O3. The van der Waals surface area contributed by atoms with Gasteiger partial charge in [-0.3, -0.25) is 9.69 Å². The maximum atomic E-state index is 13.3. The van der Waals surface area contributed by atoms with Crippen molar-refractivity contribution in [2.24, 2.45) is 0 Å². The normalized spacial score (nSPS) is 13.4. The lowest BCUT2D eigenvalue weighted by Crippen LogP contribution is -2.45. The highest BCUT2D eigenvalue weighted by atomic mass is 16.5. The lowest BCUT2D eigenvalue weighted by atomic mass is 9.98. The number of methoxy groups -OCH3 is 2. The Bertz CT molecular complexity index is 1520. The fraction of sp³-hybridized carbons (Fsp3) is 0.212. The van der Waals surface area contributed by atoms with Gasteiger partial charge in [0.05, 0.1) is 25.9 Å². The number of ether oxygens (including phenoxy) is 2. The van der Waals surface area contributed by atoms with Gasteiger partial charge in [-0.25, -0.2) is 0 Å². The molecule has 1 heterocycles. The molecule has 0 unspecified atom stereocenters. The second-order valence-electron chi connectivity index (χ2n) is 9.69. The van der Waals surface area contributed by atoms with Gasteiger partial charge in [-0.15, -0.1) is 0 Å². The summed E-state index contributed by atoms with van der Waals surface area (Å²) in [5.41, 5.74) is 6.01. The molecule has 0 aromatic heterocycles. The summed E-state index contributed by atoms with van der Waals surface area (Å²) in [6.07, 6.45) is 0. The lowest BCUT2D eigenvalue weighted by Gasteiger charge is -2.36. The number of benzene rings is 4. The molecule has 7 nitrogen and oxygen atoms in total. The van der Waals surface area contributed by atoms with Gasteiger partial charge in [-0.1, -0.05) is 36.4 Å². The second kappa shape index (κ2) is 12.4. The molecule has 0 radical (unpaired) electrons. The third-order valence-corrected chi connectivity index (χ3v) is 7.19. The second-order valence-corrected chi connectivity index (χ2v) is 9.69. The van der Waals surface area contributed by atoms with Crippen LogP contribution in [0.4, 0.5) is 11.4 Å². The van der Waals surface area contributed by atoms with Crippen molar-refractivity contribution >= 4 is 17.3 Å². The molecule has 4 aromatic carbocycles. The van der Waals surface area contributed by atoms with Crippen molar-refractivity contribution in [3.63, 3.8) is 0 Å². The molecule has 1 aliphatic heterocycles. The van der Waals surface area contributed by atoms with Crippen molar-refractivity contribution in [2.75, 3.05) is 50.6 Å². The van der Waals surface area contributed by atoms with E-state index >= 15 is 0 Å². The predicted molar refractivity (Wildman–Crippen MR) is 158 cm³/mol. The molecule has 0 bridgehead atoms. The topological polar surface area (TPSA) is 77.8 Å². The van der Waals surface area contributed by atoms with Crippen molar-refractivity contribution < 1.29 is 14.3 Å². The zero-order valence-corrected chi connectivity index (χ0v) is 22.8. The molecule has 0 saturated carbocycles. The van der Waals surface area contributed by atoms with E-state index in [1.54, 1.807) is 14.2 Å².